The summed E-state index contributed by atoms with van der Waals surface area (Å²) in [5.74, 6) is -0.910. The first kappa shape index (κ1) is 27.2. The van der Waals surface area contributed by atoms with E-state index in [0.29, 0.717) is 18.4 Å². The Hall–Kier alpha value is -4.36. The topological polar surface area (TPSA) is 126 Å². The van der Waals surface area contributed by atoms with Crippen molar-refractivity contribution in [2.75, 3.05) is 0 Å². The molecule has 0 radical (unpaired) electrons. The number of rotatable bonds is 8. The van der Waals surface area contributed by atoms with Gasteiger partial charge in [0.15, 0.2) is 4.90 Å². The second kappa shape index (κ2) is 10.7. The molecule has 10 heteroatoms. The molecule has 0 saturated heterocycles. The van der Waals surface area contributed by atoms with Gasteiger partial charge in [-0.05, 0) is 90.8 Å². The summed E-state index contributed by atoms with van der Waals surface area (Å²) in [5, 5.41) is 20.8. The zero-order chi connectivity index (χ0) is 28.6. The van der Waals surface area contributed by atoms with Crippen LogP contribution >= 0.6 is 0 Å². The highest BCUT2D eigenvalue weighted by molar-refractivity contribution is 7.91. The van der Waals surface area contributed by atoms with Crippen LogP contribution in [0.1, 0.15) is 54.7 Å². The number of aromatic nitrogens is 3. The molecule has 1 atom stereocenters. The molecule has 1 N–H and O–H groups in total. The van der Waals surface area contributed by atoms with Crippen molar-refractivity contribution in [2.45, 2.75) is 55.4 Å². The lowest BCUT2D eigenvalue weighted by molar-refractivity contribution is 0.357. The molecule has 0 aliphatic heterocycles. The predicted octanol–water partition coefficient (Wildman–Crippen LogP) is 5.11. The van der Waals surface area contributed by atoms with E-state index < -0.39 is 38.0 Å². The van der Waals surface area contributed by atoms with Crippen molar-refractivity contribution in [3.05, 3.63) is 99.6 Å². The van der Waals surface area contributed by atoms with Gasteiger partial charge in [0.2, 0.25) is 15.7 Å². The molecule has 1 aliphatic carbocycles. The first-order chi connectivity index (χ1) is 19.1. The van der Waals surface area contributed by atoms with Gasteiger partial charge in [0.05, 0.1) is 22.6 Å². The second-order valence-electron chi connectivity index (χ2n) is 10.0. The van der Waals surface area contributed by atoms with Crippen LogP contribution in [0.5, 0.6) is 5.88 Å². The lowest BCUT2D eigenvalue weighted by atomic mass is 10.0. The molecule has 0 amide bonds. The van der Waals surface area contributed by atoms with Crippen LogP contribution in [0.4, 0.5) is 4.39 Å². The Labute approximate surface area is 231 Å². The smallest absolute Gasteiger partial charge is 0.296 e. The Morgan fingerprint density at radius 2 is 1.90 bits per heavy atom. The van der Waals surface area contributed by atoms with E-state index in [-0.39, 0.29) is 22.2 Å². The molecule has 40 heavy (non-hydrogen) atoms. The molecule has 0 bridgehead atoms. The zero-order valence-corrected chi connectivity index (χ0v) is 22.8. The third-order valence-electron chi connectivity index (χ3n) is 7.20. The number of benzene rings is 2. The average molecular weight is 559 g/mol. The summed E-state index contributed by atoms with van der Waals surface area (Å²) in [6.45, 7) is 3.68. The fourth-order valence-corrected chi connectivity index (χ4v) is 6.35. The number of aryl methyl sites for hydroxylation is 1. The van der Waals surface area contributed by atoms with Gasteiger partial charge in [-0.1, -0.05) is 19.1 Å². The van der Waals surface area contributed by atoms with Crippen molar-refractivity contribution in [2.24, 2.45) is 5.92 Å². The van der Waals surface area contributed by atoms with E-state index in [4.69, 9.17) is 0 Å². The SMILES string of the molecule is CC[C@@H](c1cc(F)cc(C#N)c1)n1c(CC2CC2)nc(=O)c(S(=O)(=O)c2ccc(-c3ccncc3C)cc2)c1O. The van der Waals surface area contributed by atoms with E-state index in [2.05, 4.69) is 9.97 Å². The van der Waals surface area contributed by atoms with Crippen LogP contribution in [0.15, 0.2) is 75.5 Å². The molecule has 5 rings (SSSR count). The van der Waals surface area contributed by atoms with Crippen molar-refractivity contribution < 1.29 is 17.9 Å². The monoisotopic (exact) mass is 558 g/mol. The summed E-state index contributed by atoms with van der Waals surface area (Å²) < 4.78 is 43.2. The maximum Gasteiger partial charge on any atom is 0.296 e. The third kappa shape index (κ3) is 5.12. The molecule has 0 spiro atoms. The first-order valence-corrected chi connectivity index (χ1v) is 14.4. The van der Waals surface area contributed by atoms with E-state index in [0.717, 1.165) is 35.6 Å². The average Bonchev–Trinajstić information content (AvgIpc) is 3.74. The number of hydrogen-bond donors (Lipinski definition) is 1. The van der Waals surface area contributed by atoms with Gasteiger partial charge in [0.1, 0.15) is 11.6 Å². The minimum Gasteiger partial charge on any atom is -0.493 e. The number of hydrogen-bond acceptors (Lipinski definition) is 7. The molecule has 1 saturated carbocycles. The Kier molecular flexibility index (Phi) is 7.25. The molecule has 8 nitrogen and oxygen atoms in total. The molecule has 4 aromatic rings. The number of nitrogens with zero attached hydrogens (tertiary/aromatic N) is 4. The molecule has 2 aromatic heterocycles. The van der Waals surface area contributed by atoms with Crippen molar-refractivity contribution in [1.29, 1.82) is 5.26 Å². The van der Waals surface area contributed by atoms with Gasteiger partial charge in [-0.3, -0.25) is 14.3 Å². The number of nitriles is 1. The largest absolute Gasteiger partial charge is 0.493 e. The van der Waals surface area contributed by atoms with Crippen LogP contribution in [0.25, 0.3) is 11.1 Å². The summed E-state index contributed by atoms with van der Waals surface area (Å²) >= 11 is 0. The standard InChI is InChI=1S/C30H27FN4O4S/c1-3-26(22-12-20(16-32)13-23(31)15-22)35-27(14-19-4-5-19)34-29(36)28(30(35)37)40(38,39)24-8-6-21(7-9-24)25-10-11-33-17-18(25)2/h6-13,15,17,19,26,37H,3-5,14H2,1-2H3/t26-/m0/s1. The van der Waals surface area contributed by atoms with E-state index in [1.54, 1.807) is 31.5 Å². The van der Waals surface area contributed by atoms with Gasteiger partial charge in [-0.15, -0.1) is 0 Å². The van der Waals surface area contributed by atoms with Gasteiger partial charge in [0, 0.05) is 18.8 Å². The number of aromatic hydroxyl groups is 1. The van der Waals surface area contributed by atoms with Crippen LogP contribution in [0.2, 0.25) is 0 Å². The van der Waals surface area contributed by atoms with Crippen molar-refractivity contribution in [3.8, 4) is 23.1 Å². The van der Waals surface area contributed by atoms with Crippen LogP contribution in [-0.4, -0.2) is 28.1 Å². The van der Waals surface area contributed by atoms with Crippen LogP contribution < -0.4 is 5.56 Å². The molecule has 1 fully saturated rings. The Morgan fingerprint density at radius 3 is 2.52 bits per heavy atom. The molecule has 2 heterocycles. The summed E-state index contributed by atoms with van der Waals surface area (Å²) in [7, 11) is -4.49. The van der Waals surface area contributed by atoms with Gasteiger partial charge in [-0.2, -0.15) is 10.2 Å². The Balaban J connectivity index is 1.66. The van der Waals surface area contributed by atoms with Crippen LogP contribution in [0.3, 0.4) is 0 Å². The molecule has 204 valence electrons. The summed E-state index contributed by atoms with van der Waals surface area (Å²) in [5.41, 5.74) is 1.96. The van der Waals surface area contributed by atoms with Crippen molar-refractivity contribution in [3.63, 3.8) is 0 Å². The fraction of sp³-hybridized carbons (Fsp3) is 0.267. The summed E-state index contributed by atoms with van der Waals surface area (Å²) in [6.07, 6.45) is 5.87. The van der Waals surface area contributed by atoms with E-state index in [1.807, 2.05) is 19.1 Å². The second-order valence-corrected chi connectivity index (χ2v) is 11.9. The molecule has 1 aliphatic rings. The number of halogens is 1. The number of pyridine rings is 1. The van der Waals surface area contributed by atoms with Gasteiger partial charge < -0.3 is 5.11 Å². The Morgan fingerprint density at radius 1 is 1.18 bits per heavy atom. The van der Waals surface area contributed by atoms with Crippen LogP contribution in [0, 0.1) is 30.0 Å². The van der Waals surface area contributed by atoms with E-state index in [1.165, 1.54) is 28.8 Å². The first-order valence-electron chi connectivity index (χ1n) is 12.9. The molecule has 2 aromatic carbocycles. The summed E-state index contributed by atoms with van der Waals surface area (Å²) in [4.78, 5) is 20.4. The third-order valence-corrected chi connectivity index (χ3v) is 8.99. The highest BCUT2D eigenvalue weighted by Gasteiger charge is 2.34. The summed E-state index contributed by atoms with van der Waals surface area (Å²) in [6, 6.07) is 12.8. The lowest BCUT2D eigenvalue weighted by Gasteiger charge is -2.25. The van der Waals surface area contributed by atoms with Gasteiger partial charge in [-0.25, -0.2) is 12.8 Å². The van der Waals surface area contributed by atoms with Gasteiger partial charge >= 0.3 is 0 Å². The highest BCUT2D eigenvalue weighted by atomic mass is 32.2. The maximum absolute atomic E-state index is 14.4. The molecule has 0 unspecified atom stereocenters. The molecular weight excluding hydrogens is 531 g/mol. The Bertz CT molecular complexity index is 1810. The van der Waals surface area contributed by atoms with Gasteiger partial charge in [0.25, 0.3) is 5.56 Å². The maximum atomic E-state index is 14.4. The predicted molar refractivity (Wildman–Crippen MR) is 146 cm³/mol. The van der Waals surface area contributed by atoms with E-state index in [9.17, 15) is 28.0 Å². The number of sulfone groups is 1. The minimum absolute atomic E-state index is 0.0862. The molecular formula is C30H27FN4O4S. The van der Waals surface area contributed by atoms with Crippen molar-refractivity contribution >= 4 is 9.84 Å². The van der Waals surface area contributed by atoms with Crippen molar-refractivity contribution in [1.82, 2.24) is 14.5 Å². The quantitative estimate of drug-likeness (QED) is 0.318. The fourth-order valence-electron chi connectivity index (χ4n) is 5.00. The highest BCUT2D eigenvalue weighted by Crippen LogP contribution is 2.37. The zero-order valence-electron chi connectivity index (χ0n) is 22.0. The normalized spacial score (nSPS) is 14.1. The minimum atomic E-state index is -4.49. The lowest BCUT2D eigenvalue weighted by Crippen LogP contribution is -2.28. The van der Waals surface area contributed by atoms with E-state index >= 15 is 0 Å². The van der Waals surface area contributed by atoms with Crippen LogP contribution in [-0.2, 0) is 16.3 Å².